The van der Waals surface area contributed by atoms with E-state index >= 15 is 0 Å². The number of nitrogens with zero attached hydrogens (tertiary/aromatic N) is 1. The van der Waals surface area contributed by atoms with Crippen molar-refractivity contribution in [3.05, 3.63) is 35.4 Å². The molecule has 1 aromatic carbocycles. The van der Waals surface area contributed by atoms with Gasteiger partial charge in [0.05, 0.1) is 0 Å². The fourth-order valence-corrected chi connectivity index (χ4v) is 2.62. The van der Waals surface area contributed by atoms with E-state index in [2.05, 4.69) is 12.2 Å². The van der Waals surface area contributed by atoms with Crippen LogP contribution in [0.5, 0.6) is 0 Å². The third-order valence-corrected chi connectivity index (χ3v) is 3.84. The number of rotatable bonds is 6. The Labute approximate surface area is 124 Å². The lowest BCUT2D eigenvalue weighted by molar-refractivity contribution is 0.0739. The first kappa shape index (κ1) is 15.9. The second-order valence-corrected chi connectivity index (χ2v) is 5.53. The van der Waals surface area contributed by atoms with Crippen LogP contribution in [-0.4, -0.2) is 36.5 Å². The van der Waals surface area contributed by atoms with Crippen LogP contribution in [0, 0.1) is 11.6 Å². The van der Waals surface area contributed by atoms with Gasteiger partial charge in [-0.1, -0.05) is 13.3 Å². The first-order valence-corrected chi connectivity index (χ1v) is 7.59. The summed E-state index contributed by atoms with van der Waals surface area (Å²) in [5, 5.41) is 3.36. The third-order valence-electron chi connectivity index (χ3n) is 3.84. The Bertz CT molecular complexity index is 487. The Morgan fingerprint density at radius 1 is 1.38 bits per heavy atom. The highest BCUT2D eigenvalue weighted by Crippen LogP contribution is 2.14. The summed E-state index contributed by atoms with van der Waals surface area (Å²) in [6, 6.07) is 3.64. The molecule has 116 valence electrons. The summed E-state index contributed by atoms with van der Waals surface area (Å²) in [5.74, 6) is -2.13. The molecule has 3 nitrogen and oxygen atoms in total. The molecule has 1 unspecified atom stereocenters. The van der Waals surface area contributed by atoms with Gasteiger partial charge in [-0.25, -0.2) is 8.78 Å². The van der Waals surface area contributed by atoms with Gasteiger partial charge in [0, 0.05) is 24.7 Å². The van der Waals surface area contributed by atoms with Crippen molar-refractivity contribution in [2.24, 2.45) is 0 Å². The zero-order chi connectivity index (χ0) is 15.2. The molecule has 1 saturated heterocycles. The van der Waals surface area contributed by atoms with Gasteiger partial charge in [0.2, 0.25) is 0 Å². The second kappa shape index (κ2) is 7.50. The standard InChI is InChI=1S/C16H22F2N2O/c1-2-3-9-20(11-13-5-4-8-19-13)16(21)12-6-7-14(17)15(18)10-12/h6-7,10,13,19H,2-5,8-9,11H2,1H3. The minimum atomic E-state index is -0.977. The van der Waals surface area contributed by atoms with Crippen LogP contribution in [-0.2, 0) is 0 Å². The van der Waals surface area contributed by atoms with E-state index < -0.39 is 11.6 Å². The van der Waals surface area contributed by atoms with Crippen molar-refractivity contribution in [3.63, 3.8) is 0 Å². The smallest absolute Gasteiger partial charge is 0.254 e. The van der Waals surface area contributed by atoms with Crippen LogP contribution in [0.1, 0.15) is 43.0 Å². The van der Waals surface area contributed by atoms with Gasteiger partial charge in [-0.3, -0.25) is 4.79 Å². The van der Waals surface area contributed by atoms with Crippen molar-refractivity contribution in [2.75, 3.05) is 19.6 Å². The number of benzene rings is 1. The lowest BCUT2D eigenvalue weighted by Crippen LogP contribution is -2.41. The van der Waals surface area contributed by atoms with E-state index in [4.69, 9.17) is 0 Å². The number of hydrogen-bond acceptors (Lipinski definition) is 2. The molecule has 1 heterocycles. The molecule has 0 aromatic heterocycles. The van der Waals surface area contributed by atoms with Crippen molar-refractivity contribution in [2.45, 2.75) is 38.6 Å². The SMILES string of the molecule is CCCCN(CC1CCCN1)C(=O)c1ccc(F)c(F)c1. The van der Waals surface area contributed by atoms with Gasteiger partial charge in [0.1, 0.15) is 0 Å². The van der Waals surface area contributed by atoms with Crippen LogP contribution < -0.4 is 5.32 Å². The molecule has 0 aliphatic carbocycles. The lowest BCUT2D eigenvalue weighted by Gasteiger charge is -2.26. The van der Waals surface area contributed by atoms with Gasteiger partial charge < -0.3 is 10.2 Å². The Balaban J connectivity index is 2.09. The van der Waals surface area contributed by atoms with E-state index in [0.717, 1.165) is 44.4 Å². The van der Waals surface area contributed by atoms with Crippen molar-refractivity contribution >= 4 is 5.91 Å². The molecule has 0 saturated carbocycles. The molecule has 21 heavy (non-hydrogen) atoms. The number of unbranched alkanes of at least 4 members (excludes halogenated alkanes) is 1. The predicted octanol–water partition coefficient (Wildman–Crippen LogP) is 2.96. The quantitative estimate of drug-likeness (QED) is 0.875. The van der Waals surface area contributed by atoms with Gasteiger partial charge in [0.25, 0.3) is 5.91 Å². The molecule has 1 atom stereocenters. The highest BCUT2D eigenvalue weighted by atomic mass is 19.2. The van der Waals surface area contributed by atoms with Crippen LogP contribution in [0.25, 0.3) is 0 Å². The van der Waals surface area contributed by atoms with E-state index in [-0.39, 0.29) is 11.5 Å². The summed E-state index contributed by atoms with van der Waals surface area (Å²) in [6.07, 6.45) is 4.06. The third kappa shape index (κ3) is 4.24. The maximum atomic E-state index is 13.3. The largest absolute Gasteiger partial charge is 0.337 e. The normalized spacial score (nSPS) is 18.0. The molecule has 5 heteroatoms. The number of hydrogen-bond donors (Lipinski definition) is 1. The first-order chi connectivity index (χ1) is 10.1. The lowest BCUT2D eigenvalue weighted by atomic mass is 10.1. The van der Waals surface area contributed by atoms with Crippen molar-refractivity contribution in [1.29, 1.82) is 0 Å². The van der Waals surface area contributed by atoms with Gasteiger partial charge in [0.15, 0.2) is 11.6 Å². The Morgan fingerprint density at radius 2 is 2.19 bits per heavy atom. The van der Waals surface area contributed by atoms with Crippen LogP contribution in [0.3, 0.4) is 0 Å². The second-order valence-electron chi connectivity index (χ2n) is 5.53. The average Bonchev–Trinajstić information content (AvgIpc) is 2.98. The summed E-state index contributed by atoms with van der Waals surface area (Å²) in [6.45, 7) is 4.31. The van der Waals surface area contributed by atoms with E-state index in [9.17, 15) is 13.6 Å². The van der Waals surface area contributed by atoms with Gasteiger partial charge in [-0.05, 0) is 44.0 Å². The number of carbonyl (C=O) groups excluding carboxylic acids is 1. The van der Waals surface area contributed by atoms with Gasteiger partial charge >= 0.3 is 0 Å². The van der Waals surface area contributed by atoms with Crippen molar-refractivity contribution in [1.82, 2.24) is 10.2 Å². The number of nitrogens with one attached hydrogen (secondary N) is 1. The molecule has 0 bridgehead atoms. The van der Waals surface area contributed by atoms with Crippen LogP contribution >= 0.6 is 0 Å². The molecule has 1 aliphatic heterocycles. The average molecular weight is 296 g/mol. The first-order valence-electron chi connectivity index (χ1n) is 7.59. The summed E-state index contributed by atoms with van der Waals surface area (Å²) >= 11 is 0. The Kier molecular flexibility index (Phi) is 5.67. The van der Waals surface area contributed by atoms with E-state index in [1.54, 1.807) is 4.90 Å². The molecule has 0 spiro atoms. The fraction of sp³-hybridized carbons (Fsp3) is 0.562. The zero-order valence-corrected chi connectivity index (χ0v) is 12.4. The minimum Gasteiger partial charge on any atom is -0.337 e. The minimum absolute atomic E-state index is 0.211. The molecule has 1 amide bonds. The van der Waals surface area contributed by atoms with Gasteiger partial charge in [-0.15, -0.1) is 0 Å². The van der Waals surface area contributed by atoms with Crippen molar-refractivity contribution < 1.29 is 13.6 Å². The molecular formula is C16H22F2N2O. The molecule has 1 aliphatic rings. The highest BCUT2D eigenvalue weighted by Gasteiger charge is 2.22. The maximum absolute atomic E-state index is 13.3. The molecule has 1 N–H and O–H groups in total. The fourth-order valence-electron chi connectivity index (χ4n) is 2.62. The number of amides is 1. The summed E-state index contributed by atoms with van der Waals surface area (Å²) in [5.41, 5.74) is 0.211. The maximum Gasteiger partial charge on any atom is 0.254 e. The zero-order valence-electron chi connectivity index (χ0n) is 12.4. The summed E-state index contributed by atoms with van der Waals surface area (Å²) in [4.78, 5) is 14.3. The number of halogens is 2. The van der Waals surface area contributed by atoms with E-state index in [1.165, 1.54) is 6.07 Å². The molecule has 1 aromatic rings. The molecule has 2 rings (SSSR count). The Morgan fingerprint density at radius 3 is 2.81 bits per heavy atom. The molecular weight excluding hydrogens is 274 g/mol. The van der Waals surface area contributed by atoms with Crippen LogP contribution in [0.15, 0.2) is 18.2 Å². The van der Waals surface area contributed by atoms with Crippen molar-refractivity contribution in [3.8, 4) is 0 Å². The molecule has 1 fully saturated rings. The summed E-state index contributed by atoms with van der Waals surface area (Å²) < 4.78 is 26.3. The van der Waals surface area contributed by atoms with E-state index in [0.29, 0.717) is 19.1 Å². The Hall–Kier alpha value is -1.49. The monoisotopic (exact) mass is 296 g/mol. The summed E-state index contributed by atoms with van der Waals surface area (Å²) in [7, 11) is 0. The number of carbonyl (C=O) groups is 1. The highest BCUT2D eigenvalue weighted by molar-refractivity contribution is 5.94. The van der Waals surface area contributed by atoms with Gasteiger partial charge in [-0.2, -0.15) is 0 Å². The van der Waals surface area contributed by atoms with Crippen LogP contribution in [0.4, 0.5) is 8.78 Å². The molecule has 0 radical (unpaired) electrons. The van der Waals surface area contributed by atoms with Crippen LogP contribution in [0.2, 0.25) is 0 Å². The van der Waals surface area contributed by atoms with E-state index in [1.807, 2.05) is 0 Å². The predicted molar refractivity (Wildman–Crippen MR) is 78.2 cm³/mol. The topological polar surface area (TPSA) is 32.3 Å².